The zero-order valence-corrected chi connectivity index (χ0v) is 11.0. The predicted octanol–water partition coefficient (Wildman–Crippen LogP) is 2.69. The van der Waals surface area contributed by atoms with Gasteiger partial charge in [0, 0.05) is 25.2 Å². The van der Waals surface area contributed by atoms with E-state index in [1.54, 1.807) is 12.1 Å². The highest BCUT2D eigenvalue weighted by Crippen LogP contribution is 2.05. The molecule has 17 heavy (non-hydrogen) atoms. The summed E-state index contributed by atoms with van der Waals surface area (Å²) < 4.78 is 12.9. The molecule has 0 unspecified atom stereocenters. The third kappa shape index (κ3) is 5.80. The minimum absolute atomic E-state index is 0.172. The van der Waals surface area contributed by atoms with Gasteiger partial charge in [0.25, 0.3) is 0 Å². The largest absolute Gasteiger partial charge is 0.311 e. The first-order chi connectivity index (χ1) is 8.03. The molecule has 0 aromatic heterocycles. The van der Waals surface area contributed by atoms with E-state index < -0.39 is 0 Å². The molecule has 96 valence electrons. The van der Waals surface area contributed by atoms with Crippen LogP contribution in [0.1, 0.15) is 32.8 Å². The van der Waals surface area contributed by atoms with Gasteiger partial charge in [-0.15, -0.1) is 0 Å². The van der Waals surface area contributed by atoms with Crippen molar-refractivity contribution < 1.29 is 4.39 Å². The zero-order chi connectivity index (χ0) is 12.7. The summed E-state index contributed by atoms with van der Waals surface area (Å²) in [5.74, 6) is -0.172. The van der Waals surface area contributed by atoms with E-state index in [0.717, 1.165) is 25.1 Å². The Bertz CT molecular complexity index is 337. The maximum atomic E-state index is 12.9. The van der Waals surface area contributed by atoms with Crippen LogP contribution in [0.4, 0.5) is 4.39 Å². The highest BCUT2D eigenvalue weighted by atomic mass is 19.1. The van der Waals surface area contributed by atoms with Crippen LogP contribution in [0.5, 0.6) is 0 Å². The van der Waals surface area contributed by atoms with E-state index in [-0.39, 0.29) is 11.4 Å². The van der Waals surface area contributed by atoms with Crippen LogP contribution < -0.4 is 10.6 Å². The fourth-order valence-corrected chi connectivity index (χ4v) is 1.49. The van der Waals surface area contributed by atoms with E-state index in [1.165, 1.54) is 6.07 Å². The van der Waals surface area contributed by atoms with E-state index in [9.17, 15) is 4.39 Å². The number of benzene rings is 1. The molecule has 0 radical (unpaired) electrons. The van der Waals surface area contributed by atoms with Crippen molar-refractivity contribution in [3.8, 4) is 0 Å². The summed E-state index contributed by atoms with van der Waals surface area (Å²) in [4.78, 5) is 0. The molecule has 0 aliphatic rings. The van der Waals surface area contributed by atoms with E-state index in [1.807, 2.05) is 6.07 Å². The van der Waals surface area contributed by atoms with Gasteiger partial charge in [-0.3, -0.25) is 0 Å². The summed E-state index contributed by atoms with van der Waals surface area (Å²) >= 11 is 0. The lowest BCUT2D eigenvalue weighted by Gasteiger charge is -2.24. The first-order valence-corrected chi connectivity index (χ1v) is 6.24. The highest BCUT2D eigenvalue weighted by molar-refractivity contribution is 5.15. The normalized spacial score (nSPS) is 11.8. The molecule has 0 saturated carbocycles. The van der Waals surface area contributed by atoms with Gasteiger partial charge >= 0.3 is 0 Å². The molecule has 0 heterocycles. The van der Waals surface area contributed by atoms with Gasteiger partial charge in [-0.2, -0.15) is 0 Å². The van der Waals surface area contributed by atoms with Crippen molar-refractivity contribution in [1.29, 1.82) is 0 Å². The fraction of sp³-hybridized carbons (Fsp3) is 0.571. The molecule has 0 aliphatic carbocycles. The van der Waals surface area contributed by atoms with Crippen molar-refractivity contribution in [3.05, 3.63) is 35.6 Å². The quantitative estimate of drug-likeness (QED) is 0.714. The molecule has 0 amide bonds. The Labute approximate surface area is 104 Å². The first-order valence-electron chi connectivity index (χ1n) is 6.24. The first kappa shape index (κ1) is 14.1. The van der Waals surface area contributed by atoms with Gasteiger partial charge < -0.3 is 10.6 Å². The lowest BCUT2D eigenvalue weighted by Crippen LogP contribution is -2.42. The van der Waals surface area contributed by atoms with Crippen LogP contribution in [0.15, 0.2) is 24.3 Å². The highest BCUT2D eigenvalue weighted by Gasteiger charge is 2.12. The predicted molar refractivity (Wildman–Crippen MR) is 70.5 cm³/mol. The summed E-state index contributed by atoms with van der Waals surface area (Å²) in [5, 5.41) is 6.77. The average Bonchev–Trinajstić information content (AvgIpc) is 2.29. The number of halogens is 1. The van der Waals surface area contributed by atoms with Crippen LogP contribution in [0.2, 0.25) is 0 Å². The molecule has 0 saturated heterocycles. The number of hydrogen-bond acceptors (Lipinski definition) is 2. The van der Waals surface area contributed by atoms with Gasteiger partial charge in [0.05, 0.1) is 0 Å². The van der Waals surface area contributed by atoms with Crippen molar-refractivity contribution >= 4 is 0 Å². The minimum Gasteiger partial charge on any atom is -0.311 e. The van der Waals surface area contributed by atoms with Crippen molar-refractivity contribution in [3.63, 3.8) is 0 Å². The van der Waals surface area contributed by atoms with E-state index >= 15 is 0 Å². The average molecular weight is 238 g/mol. The third-order valence-corrected chi connectivity index (χ3v) is 3.01. The summed E-state index contributed by atoms with van der Waals surface area (Å²) in [5.41, 5.74) is 1.18. The molecule has 0 atom stereocenters. The lowest BCUT2D eigenvalue weighted by molar-refractivity contribution is 0.375. The smallest absolute Gasteiger partial charge is 0.123 e. The van der Waals surface area contributed by atoms with E-state index in [4.69, 9.17) is 0 Å². The van der Waals surface area contributed by atoms with Crippen molar-refractivity contribution in [1.82, 2.24) is 10.6 Å². The monoisotopic (exact) mass is 238 g/mol. The van der Waals surface area contributed by atoms with Crippen LogP contribution in [0.25, 0.3) is 0 Å². The maximum Gasteiger partial charge on any atom is 0.123 e. The molecule has 0 aliphatic heterocycles. The number of rotatable bonds is 7. The molecule has 2 nitrogen and oxygen atoms in total. The summed E-state index contributed by atoms with van der Waals surface area (Å²) in [6.45, 7) is 9.09. The Hall–Kier alpha value is -0.930. The molecule has 0 spiro atoms. The molecule has 3 heteroatoms. The number of hydrogen-bond donors (Lipinski definition) is 2. The summed E-state index contributed by atoms with van der Waals surface area (Å²) in [7, 11) is 0. The van der Waals surface area contributed by atoms with Crippen molar-refractivity contribution in [2.75, 3.05) is 13.1 Å². The van der Waals surface area contributed by atoms with Gasteiger partial charge in [-0.25, -0.2) is 4.39 Å². The Balaban J connectivity index is 2.17. The summed E-state index contributed by atoms with van der Waals surface area (Å²) in [6.07, 6.45) is 1.11. The molecule has 1 aromatic rings. The van der Waals surface area contributed by atoms with Crippen LogP contribution >= 0.6 is 0 Å². The lowest BCUT2D eigenvalue weighted by atomic mass is 10.0. The van der Waals surface area contributed by atoms with Gasteiger partial charge in [0.2, 0.25) is 0 Å². The van der Waals surface area contributed by atoms with Crippen LogP contribution in [-0.2, 0) is 6.54 Å². The van der Waals surface area contributed by atoms with Gasteiger partial charge in [0.15, 0.2) is 0 Å². The molecule has 0 bridgehead atoms. The Morgan fingerprint density at radius 2 is 2.00 bits per heavy atom. The van der Waals surface area contributed by atoms with Crippen molar-refractivity contribution in [2.45, 2.75) is 39.3 Å². The molecule has 1 aromatic carbocycles. The fourth-order valence-electron chi connectivity index (χ4n) is 1.49. The molecular weight excluding hydrogens is 215 g/mol. The van der Waals surface area contributed by atoms with E-state index in [0.29, 0.717) is 6.54 Å². The summed E-state index contributed by atoms with van der Waals surface area (Å²) in [6, 6.07) is 6.70. The number of nitrogens with one attached hydrogen (secondary N) is 2. The van der Waals surface area contributed by atoms with Crippen LogP contribution in [0, 0.1) is 5.82 Å². The molecule has 1 rings (SSSR count). The molecular formula is C14H23FN2. The minimum atomic E-state index is -0.172. The maximum absolute atomic E-state index is 12.9. The van der Waals surface area contributed by atoms with Crippen molar-refractivity contribution in [2.24, 2.45) is 0 Å². The van der Waals surface area contributed by atoms with Gasteiger partial charge in [-0.05, 0) is 38.0 Å². The van der Waals surface area contributed by atoms with E-state index in [2.05, 4.69) is 31.4 Å². The second-order valence-corrected chi connectivity index (χ2v) is 4.97. The molecule has 0 fully saturated rings. The van der Waals surface area contributed by atoms with Crippen LogP contribution in [0.3, 0.4) is 0 Å². The van der Waals surface area contributed by atoms with Gasteiger partial charge in [0.1, 0.15) is 5.82 Å². The standard InChI is InChI=1S/C14H23FN2/c1-4-14(2,3)17-9-8-16-11-12-6-5-7-13(15)10-12/h5-7,10,16-17H,4,8-9,11H2,1-3H3. The second kappa shape index (κ2) is 6.72. The van der Waals surface area contributed by atoms with Crippen LogP contribution in [-0.4, -0.2) is 18.6 Å². The second-order valence-electron chi connectivity index (χ2n) is 4.97. The molecule has 2 N–H and O–H groups in total. The Morgan fingerprint density at radius 1 is 1.24 bits per heavy atom. The van der Waals surface area contributed by atoms with Gasteiger partial charge in [-0.1, -0.05) is 19.1 Å². The third-order valence-electron chi connectivity index (χ3n) is 3.01. The zero-order valence-electron chi connectivity index (χ0n) is 11.0. The Kier molecular flexibility index (Phi) is 5.59. The Morgan fingerprint density at radius 3 is 2.65 bits per heavy atom. The topological polar surface area (TPSA) is 24.1 Å². The SMILES string of the molecule is CCC(C)(C)NCCNCc1cccc(F)c1.